The van der Waals surface area contributed by atoms with Crippen molar-refractivity contribution in [3.63, 3.8) is 0 Å². The molecular weight excluding hydrogens is 172 g/mol. The fourth-order valence-corrected chi connectivity index (χ4v) is 1.76. The maximum Gasteiger partial charge on any atom is 0.136 e. The summed E-state index contributed by atoms with van der Waals surface area (Å²) in [5, 5.41) is 0. The van der Waals surface area contributed by atoms with E-state index in [0.717, 1.165) is 25.7 Å². The maximum absolute atomic E-state index is 11.5. The molecular formula is C13H16O. The van der Waals surface area contributed by atoms with E-state index in [1.807, 2.05) is 12.1 Å². The number of carbonyl (C=O) groups excluding carboxylic acids is 1. The molecule has 2 rings (SSSR count). The second-order valence-corrected chi connectivity index (χ2v) is 4.17. The van der Waals surface area contributed by atoms with Crippen LogP contribution in [0.1, 0.15) is 30.4 Å². The van der Waals surface area contributed by atoms with Crippen molar-refractivity contribution in [1.82, 2.24) is 0 Å². The standard InChI is InChI=1S/C13H16O/c1-10-4-2-3-5-11(10)8-9-13(14)12-6-7-12/h2-5,12H,6-9H2,1H3. The molecule has 0 spiro atoms. The van der Waals surface area contributed by atoms with E-state index in [9.17, 15) is 4.79 Å². The topological polar surface area (TPSA) is 17.1 Å². The van der Waals surface area contributed by atoms with Crippen LogP contribution in [0.3, 0.4) is 0 Å². The molecule has 74 valence electrons. The summed E-state index contributed by atoms with van der Waals surface area (Å²) >= 11 is 0. The molecule has 0 saturated heterocycles. The second-order valence-electron chi connectivity index (χ2n) is 4.17. The molecule has 1 aromatic rings. The van der Waals surface area contributed by atoms with Crippen LogP contribution < -0.4 is 0 Å². The fraction of sp³-hybridized carbons (Fsp3) is 0.462. The molecule has 0 aliphatic heterocycles. The normalized spacial score (nSPS) is 15.5. The molecule has 0 radical (unpaired) electrons. The quantitative estimate of drug-likeness (QED) is 0.710. The van der Waals surface area contributed by atoms with Crippen LogP contribution in [0.15, 0.2) is 24.3 Å². The monoisotopic (exact) mass is 188 g/mol. The predicted molar refractivity (Wildman–Crippen MR) is 57.2 cm³/mol. The molecule has 1 heteroatoms. The highest BCUT2D eigenvalue weighted by molar-refractivity contribution is 5.83. The largest absolute Gasteiger partial charge is 0.299 e. The van der Waals surface area contributed by atoms with Crippen molar-refractivity contribution >= 4 is 5.78 Å². The molecule has 0 heterocycles. The lowest BCUT2D eigenvalue weighted by molar-refractivity contribution is -0.120. The Hall–Kier alpha value is -1.11. The van der Waals surface area contributed by atoms with Gasteiger partial charge in [-0.3, -0.25) is 4.79 Å². The maximum atomic E-state index is 11.5. The summed E-state index contributed by atoms with van der Waals surface area (Å²) in [4.78, 5) is 11.5. The van der Waals surface area contributed by atoms with Gasteiger partial charge in [0.15, 0.2) is 0 Å². The van der Waals surface area contributed by atoms with Crippen molar-refractivity contribution < 1.29 is 4.79 Å². The fourth-order valence-electron chi connectivity index (χ4n) is 1.76. The van der Waals surface area contributed by atoms with Gasteiger partial charge in [0.1, 0.15) is 5.78 Å². The number of aryl methyl sites for hydroxylation is 2. The van der Waals surface area contributed by atoms with Crippen LogP contribution in [-0.2, 0) is 11.2 Å². The Labute approximate surface area is 85.1 Å². The molecule has 0 aromatic heterocycles. The molecule has 0 amide bonds. The summed E-state index contributed by atoms with van der Waals surface area (Å²) in [6, 6.07) is 8.32. The predicted octanol–water partition coefficient (Wildman–Crippen LogP) is 2.91. The number of hydrogen-bond donors (Lipinski definition) is 0. The SMILES string of the molecule is Cc1ccccc1CCC(=O)C1CC1. The van der Waals surface area contributed by atoms with Crippen molar-refractivity contribution in [3.8, 4) is 0 Å². The van der Waals surface area contributed by atoms with Gasteiger partial charge in [0, 0.05) is 12.3 Å². The molecule has 1 aliphatic rings. The zero-order valence-corrected chi connectivity index (χ0v) is 8.62. The van der Waals surface area contributed by atoms with Crippen LogP contribution in [0.4, 0.5) is 0 Å². The Bertz CT molecular complexity index is 337. The minimum absolute atomic E-state index is 0.416. The minimum Gasteiger partial charge on any atom is -0.299 e. The van der Waals surface area contributed by atoms with Crippen LogP contribution in [0.5, 0.6) is 0 Å². The molecule has 1 saturated carbocycles. The molecule has 1 aromatic carbocycles. The van der Waals surface area contributed by atoms with Crippen molar-refractivity contribution in [3.05, 3.63) is 35.4 Å². The first-order valence-electron chi connectivity index (χ1n) is 5.34. The Kier molecular flexibility index (Phi) is 2.67. The van der Waals surface area contributed by atoms with Gasteiger partial charge < -0.3 is 0 Å². The lowest BCUT2D eigenvalue weighted by atomic mass is 10.0. The highest BCUT2D eigenvalue weighted by atomic mass is 16.1. The molecule has 14 heavy (non-hydrogen) atoms. The van der Waals surface area contributed by atoms with E-state index in [1.165, 1.54) is 11.1 Å². The highest BCUT2D eigenvalue weighted by Gasteiger charge is 2.28. The molecule has 0 bridgehead atoms. The number of rotatable bonds is 4. The van der Waals surface area contributed by atoms with Crippen molar-refractivity contribution in [1.29, 1.82) is 0 Å². The summed E-state index contributed by atoms with van der Waals surface area (Å²) < 4.78 is 0. The molecule has 0 atom stereocenters. The molecule has 0 N–H and O–H groups in total. The molecule has 1 fully saturated rings. The van der Waals surface area contributed by atoms with Crippen LogP contribution in [0, 0.1) is 12.8 Å². The van der Waals surface area contributed by atoms with Gasteiger partial charge in [-0.2, -0.15) is 0 Å². The summed E-state index contributed by atoms with van der Waals surface area (Å²) in [6.45, 7) is 2.11. The summed E-state index contributed by atoms with van der Waals surface area (Å²) in [5.74, 6) is 0.882. The lowest BCUT2D eigenvalue weighted by Gasteiger charge is -2.03. The smallest absolute Gasteiger partial charge is 0.136 e. The zero-order chi connectivity index (χ0) is 9.97. The molecule has 0 unspecified atom stereocenters. The van der Waals surface area contributed by atoms with Crippen molar-refractivity contribution in [2.45, 2.75) is 32.6 Å². The van der Waals surface area contributed by atoms with E-state index in [4.69, 9.17) is 0 Å². The van der Waals surface area contributed by atoms with E-state index in [1.54, 1.807) is 0 Å². The molecule has 1 aliphatic carbocycles. The first-order valence-corrected chi connectivity index (χ1v) is 5.34. The number of Topliss-reactive ketones (excluding diaryl/α,β-unsaturated/α-hetero) is 1. The van der Waals surface area contributed by atoms with Gasteiger partial charge in [0.2, 0.25) is 0 Å². The Balaban J connectivity index is 1.91. The average Bonchev–Trinajstić information content (AvgIpc) is 2.99. The molecule has 1 nitrogen and oxygen atoms in total. The van der Waals surface area contributed by atoms with Gasteiger partial charge >= 0.3 is 0 Å². The van der Waals surface area contributed by atoms with E-state index >= 15 is 0 Å². The van der Waals surface area contributed by atoms with Gasteiger partial charge in [0.05, 0.1) is 0 Å². The van der Waals surface area contributed by atoms with Gasteiger partial charge in [-0.1, -0.05) is 24.3 Å². The van der Waals surface area contributed by atoms with Gasteiger partial charge in [-0.25, -0.2) is 0 Å². The third-order valence-corrected chi connectivity index (χ3v) is 2.93. The van der Waals surface area contributed by atoms with Crippen LogP contribution in [0.2, 0.25) is 0 Å². The van der Waals surface area contributed by atoms with Gasteiger partial charge in [0.25, 0.3) is 0 Å². The Morgan fingerprint density at radius 2 is 2.07 bits per heavy atom. The number of hydrogen-bond acceptors (Lipinski definition) is 1. The van der Waals surface area contributed by atoms with Crippen LogP contribution in [-0.4, -0.2) is 5.78 Å². The first-order chi connectivity index (χ1) is 6.77. The average molecular weight is 188 g/mol. The van der Waals surface area contributed by atoms with Gasteiger partial charge in [-0.15, -0.1) is 0 Å². The number of benzene rings is 1. The minimum atomic E-state index is 0.416. The number of ketones is 1. The van der Waals surface area contributed by atoms with E-state index < -0.39 is 0 Å². The summed E-state index contributed by atoms with van der Waals surface area (Å²) in [7, 11) is 0. The lowest BCUT2D eigenvalue weighted by Crippen LogP contribution is -2.02. The highest BCUT2D eigenvalue weighted by Crippen LogP contribution is 2.31. The van der Waals surface area contributed by atoms with Gasteiger partial charge in [-0.05, 0) is 37.3 Å². The Morgan fingerprint density at radius 3 is 2.71 bits per heavy atom. The van der Waals surface area contributed by atoms with Crippen molar-refractivity contribution in [2.75, 3.05) is 0 Å². The van der Waals surface area contributed by atoms with E-state index in [-0.39, 0.29) is 0 Å². The third-order valence-electron chi connectivity index (χ3n) is 2.93. The number of carbonyl (C=O) groups is 1. The van der Waals surface area contributed by atoms with E-state index in [2.05, 4.69) is 19.1 Å². The van der Waals surface area contributed by atoms with Crippen molar-refractivity contribution in [2.24, 2.45) is 5.92 Å². The summed E-state index contributed by atoms with van der Waals surface area (Å²) in [5.41, 5.74) is 2.62. The van der Waals surface area contributed by atoms with Crippen LogP contribution >= 0.6 is 0 Å². The van der Waals surface area contributed by atoms with Crippen LogP contribution in [0.25, 0.3) is 0 Å². The zero-order valence-electron chi connectivity index (χ0n) is 8.62. The third kappa shape index (κ3) is 2.22. The first kappa shape index (κ1) is 9.45. The Morgan fingerprint density at radius 1 is 1.36 bits per heavy atom. The second kappa shape index (κ2) is 3.95. The summed E-state index contributed by atoms with van der Waals surface area (Å²) in [6.07, 6.45) is 3.91. The van der Waals surface area contributed by atoms with E-state index in [0.29, 0.717) is 11.7 Å².